The van der Waals surface area contributed by atoms with Gasteiger partial charge in [-0.3, -0.25) is 14.5 Å². The van der Waals surface area contributed by atoms with Crippen molar-refractivity contribution in [2.75, 3.05) is 64.3 Å². The number of amides is 1. The number of para-hydroxylation sites is 2. The zero-order valence-electron chi connectivity index (χ0n) is 21.5. The fourth-order valence-corrected chi connectivity index (χ4v) is 5.64. The Kier molecular flexibility index (Phi) is 5.92. The molecule has 0 unspecified atom stereocenters. The van der Waals surface area contributed by atoms with Gasteiger partial charge in [-0.25, -0.2) is 4.39 Å². The molecule has 2 saturated heterocycles. The summed E-state index contributed by atoms with van der Waals surface area (Å²) < 4.78 is 24.0. The van der Waals surface area contributed by atoms with Gasteiger partial charge in [0.2, 0.25) is 5.43 Å². The van der Waals surface area contributed by atoms with Crippen molar-refractivity contribution < 1.29 is 13.9 Å². The summed E-state index contributed by atoms with van der Waals surface area (Å²) in [7, 11) is 2.01. The predicted molar refractivity (Wildman–Crippen MR) is 142 cm³/mol. The van der Waals surface area contributed by atoms with Crippen LogP contribution in [0.4, 0.5) is 10.1 Å². The summed E-state index contributed by atoms with van der Waals surface area (Å²) in [6.07, 6.45) is 1.62. The van der Waals surface area contributed by atoms with Crippen LogP contribution in [0.5, 0.6) is 11.5 Å². The first-order valence-electron chi connectivity index (χ1n) is 13.0. The highest BCUT2D eigenvalue weighted by molar-refractivity contribution is 6.01. The van der Waals surface area contributed by atoms with Gasteiger partial charge in [-0.2, -0.15) is 0 Å². The Balaban J connectivity index is 1.51. The molecular formula is C28H32FN5O3. The number of benzene rings is 2. The van der Waals surface area contributed by atoms with Crippen LogP contribution in [0.3, 0.4) is 0 Å². The van der Waals surface area contributed by atoms with E-state index in [1.807, 2.05) is 40.8 Å². The quantitative estimate of drug-likeness (QED) is 0.426. The van der Waals surface area contributed by atoms with Crippen LogP contribution in [0.25, 0.3) is 16.6 Å². The van der Waals surface area contributed by atoms with Crippen LogP contribution in [-0.4, -0.2) is 90.6 Å². The Morgan fingerprint density at radius 3 is 2.41 bits per heavy atom. The number of fused-ring (bicyclic) bond motifs is 2. The number of aromatic nitrogens is 1. The van der Waals surface area contributed by atoms with Crippen molar-refractivity contribution in [1.29, 1.82) is 0 Å². The Morgan fingerprint density at radius 2 is 1.70 bits per heavy atom. The smallest absolute Gasteiger partial charge is 0.259 e. The minimum absolute atomic E-state index is 0.0532. The minimum atomic E-state index is -0.507. The standard InChI is InChI=1S/C28H32FN5O3/c1-18(2)31-12-14-32(15-13-31)25-21(29)16-19-24-27(25)37-23-7-5-4-6-22(23)34(24)17-20(26(19)35)28(36)33-10-8-30(3)9-11-33/h4-7,16-18H,8-15H2,1-3H3. The molecule has 0 bridgehead atoms. The van der Waals surface area contributed by atoms with Gasteiger partial charge in [-0.15, -0.1) is 0 Å². The number of pyridine rings is 1. The molecule has 2 aromatic carbocycles. The molecule has 1 aromatic heterocycles. The number of piperazine rings is 2. The second kappa shape index (κ2) is 9.15. The molecule has 3 aromatic rings. The van der Waals surface area contributed by atoms with Crippen LogP contribution in [0, 0.1) is 5.82 Å². The van der Waals surface area contributed by atoms with Crippen LogP contribution in [0.15, 0.2) is 41.3 Å². The summed E-state index contributed by atoms with van der Waals surface area (Å²) >= 11 is 0. The molecule has 9 heteroatoms. The summed E-state index contributed by atoms with van der Waals surface area (Å²) in [5, 5.41) is 0.159. The third kappa shape index (κ3) is 3.97. The first-order valence-corrected chi connectivity index (χ1v) is 13.0. The molecule has 4 heterocycles. The zero-order chi connectivity index (χ0) is 25.8. The van der Waals surface area contributed by atoms with Gasteiger partial charge >= 0.3 is 0 Å². The van der Waals surface area contributed by atoms with Crippen molar-refractivity contribution in [3.8, 4) is 17.2 Å². The second-order valence-corrected chi connectivity index (χ2v) is 10.5. The Morgan fingerprint density at radius 1 is 1.00 bits per heavy atom. The third-order valence-corrected chi connectivity index (χ3v) is 7.89. The monoisotopic (exact) mass is 505 g/mol. The lowest BCUT2D eigenvalue weighted by Crippen LogP contribution is -2.49. The van der Waals surface area contributed by atoms with E-state index in [1.54, 1.807) is 11.1 Å². The summed E-state index contributed by atoms with van der Waals surface area (Å²) in [5.74, 6) is 0.0734. The van der Waals surface area contributed by atoms with Crippen LogP contribution in [0.2, 0.25) is 0 Å². The van der Waals surface area contributed by atoms with E-state index in [0.29, 0.717) is 54.9 Å². The number of ether oxygens (including phenoxy) is 1. The average Bonchev–Trinajstić information content (AvgIpc) is 2.90. The summed E-state index contributed by atoms with van der Waals surface area (Å²) in [6, 6.07) is 9.17. The molecule has 0 atom stereocenters. The van der Waals surface area contributed by atoms with Crippen LogP contribution in [-0.2, 0) is 0 Å². The molecule has 0 spiro atoms. The third-order valence-electron chi connectivity index (χ3n) is 7.89. The maximum atomic E-state index is 15.9. The molecule has 0 radical (unpaired) electrons. The molecule has 0 N–H and O–H groups in total. The van der Waals surface area contributed by atoms with Gasteiger partial charge in [0.1, 0.15) is 16.8 Å². The van der Waals surface area contributed by atoms with Gasteiger partial charge in [-0.1, -0.05) is 12.1 Å². The topological polar surface area (TPSA) is 61.3 Å². The lowest BCUT2D eigenvalue weighted by molar-refractivity contribution is 0.0662. The van der Waals surface area contributed by atoms with Gasteiger partial charge in [0.05, 0.1) is 11.1 Å². The van der Waals surface area contributed by atoms with Crippen LogP contribution >= 0.6 is 0 Å². The highest BCUT2D eigenvalue weighted by Gasteiger charge is 2.33. The van der Waals surface area contributed by atoms with Crippen molar-refractivity contribution in [3.63, 3.8) is 0 Å². The van der Waals surface area contributed by atoms with Crippen molar-refractivity contribution in [3.05, 3.63) is 58.1 Å². The predicted octanol–water partition coefficient (Wildman–Crippen LogP) is 3.15. The van der Waals surface area contributed by atoms with E-state index in [2.05, 4.69) is 23.6 Å². The number of hydrogen-bond donors (Lipinski definition) is 0. The largest absolute Gasteiger partial charge is 0.451 e. The molecule has 0 aliphatic carbocycles. The summed E-state index contributed by atoms with van der Waals surface area (Å²) in [6.45, 7) is 9.86. The molecule has 8 nitrogen and oxygen atoms in total. The first kappa shape index (κ1) is 23.9. The maximum absolute atomic E-state index is 15.9. The molecule has 1 amide bonds. The van der Waals surface area contributed by atoms with E-state index in [1.165, 1.54) is 6.07 Å². The Bertz CT molecular complexity index is 1440. The number of nitrogens with zero attached hydrogens (tertiary/aromatic N) is 5. The number of likely N-dealkylation sites (N-methyl/N-ethyl adjacent to an activating group) is 1. The van der Waals surface area contributed by atoms with Crippen molar-refractivity contribution in [2.24, 2.45) is 0 Å². The van der Waals surface area contributed by atoms with E-state index in [-0.39, 0.29) is 16.9 Å². The minimum Gasteiger partial charge on any atom is -0.451 e. The van der Waals surface area contributed by atoms with Gasteiger partial charge in [0, 0.05) is 64.6 Å². The van der Waals surface area contributed by atoms with Gasteiger partial charge in [0.15, 0.2) is 17.3 Å². The van der Waals surface area contributed by atoms with Crippen LogP contribution < -0.4 is 15.1 Å². The Labute approximate surface area is 215 Å². The van der Waals surface area contributed by atoms with Gasteiger partial charge < -0.3 is 24.0 Å². The molecule has 3 aliphatic rings. The normalized spacial score (nSPS) is 18.3. The molecule has 6 rings (SSSR count). The van der Waals surface area contributed by atoms with E-state index >= 15 is 4.39 Å². The fourth-order valence-electron chi connectivity index (χ4n) is 5.64. The maximum Gasteiger partial charge on any atom is 0.259 e. The Hall–Kier alpha value is -3.43. The molecule has 37 heavy (non-hydrogen) atoms. The number of carbonyl (C=O) groups excluding carboxylic acids is 1. The average molecular weight is 506 g/mol. The summed E-state index contributed by atoms with van der Waals surface area (Å²) in [4.78, 5) is 35.4. The lowest BCUT2D eigenvalue weighted by atomic mass is 10.0. The second-order valence-electron chi connectivity index (χ2n) is 10.5. The number of rotatable bonds is 3. The van der Waals surface area contributed by atoms with E-state index in [9.17, 15) is 9.59 Å². The highest BCUT2D eigenvalue weighted by atomic mass is 19.1. The SMILES string of the molecule is CC(C)N1CCN(c2c(F)cc3c(=O)c(C(=O)N4CCN(C)CC4)cn4c3c2Oc2ccccc2-4)CC1. The fraction of sp³-hybridized carbons (Fsp3) is 0.429. The number of anilines is 1. The van der Waals surface area contributed by atoms with E-state index < -0.39 is 11.2 Å². The van der Waals surface area contributed by atoms with E-state index in [0.717, 1.165) is 31.9 Å². The van der Waals surface area contributed by atoms with Crippen LogP contribution in [0.1, 0.15) is 24.2 Å². The first-order chi connectivity index (χ1) is 17.8. The molecule has 3 aliphatic heterocycles. The van der Waals surface area contributed by atoms with Crippen molar-refractivity contribution in [2.45, 2.75) is 19.9 Å². The lowest BCUT2D eigenvalue weighted by Gasteiger charge is -2.39. The number of carbonyl (C=O) groups is 1. The van der Waals surface area contributed by atoms with E-state index in [4.69, 9.17) is 4.74 Å². The highest BCUT2D eigenvalue weighted by Crippen LogP contribution is 2.46. The van der Waals surface area contributed by atoms with Gasteiger partial charge in [0.25, 0.3) is 5.91 Å². The molecule has 2 fully saturated rings. The van der Waals surface area contributed by atoms with Crippen molar-refractivity contribution in [1.82, 2.24) is 19.3 Å². The molecule has 194 valence electrons. The number of hydrogen-bond acceptors (Lipinski definition) is 6. The molecular weight excluding hydrogens is 473 g/mol. The molecule has 0 saturated carbocycles. The number of halogens is 1. The zero-order valence-corrected chi connectivity index (χ0v) is 21.5. The summed E-state index contributed by atoms with van der Waals surface area (Å²) in [5.41, 5.74) is 1.18. The van der Waals surface area contributed by atoms with Gasteiger partial charge in [-0.05, 0) is 39.1 Å². The van der Waals surface area contributed by atoms with Crippen molar-refractivity contribution >= 4 is 22.5 Å².